The third-order valence-electron chi connectivity index (χ3n) is 1.81. The van der Waals surface area contributed by atoms with E-state index in [1.54, 1.807) is 6.92 Å². The smallest absolute Gasteiger partial charge is 0.351 e. The van der Waals surface area contributed by atoms with Crippen LogP contribution in [0, 0.1) is 6.92 Å². The molecule has 0 aliphatic rings. The monoisotopic (exact) mass is 208 g/mol. The molecule has 1 atom stereocenters. The summed E-state index contributed by atoms with van der Waals surface area (Å²) in [5.74, 6) is -4.28. The number of aryl methyl sites for hydroxylation is 1. The standard InChI is InChI=1S/C9H8F4O/c1-6-2-4-7(5-3-6)8(10,14)9(11,12)13/h2-5,14H,1H3. The normalized spacial score (nSPS) is 16.4. The van der Waals surface area contributed by atoms with Crippen molar-refractivity contribution in [3.63, 3.8) is 0 Å². The van der Waals surface area contributed by atoms with Crippen LogP contribution in [0.4, 0.5) is 17.6 Å². The van der Waals surface area contributed by atoms with Gasteiger partial charge in [0.25, 0.3) is 0 Å². The average Bonchev–Trinajstić information content (AvgIpc) is 2.03. The van der Waals surface area contributed by atoms with Gasteiger partial charge in [0.1, 0.15) is 0 Å². The van der Waals surface area contributed by atoms with E-state index in [-0.39, 0.29) is 0 Å². The van der Waals surface area contributed by atoms with Gasteiger partial charge in [-0.1, -0.05) is 29.8 Å². The third kappa shape index (κ3) is 1.87. The summed E-state index contributed by atoms with van der Waals surface area (Å²) in [5.41, 5.74) is -0.123. The Bertz CT molecular complexity index is 313. The molecular weight excluding hydrogens is 200 g/mol. The first-order valence-electron chi connectivity index (χ1n) is 3.80. The molecule has 5 heteroatoms. The van der Waals surface area contributed by atoms with E-state index < -0.39 is 17.6 Å². The van der Waals surface area contributed by atoms with Crippen LogP contribution in [0.5, 0.6) is 0 Å². The SMILES string of the molecule is Cc1ccc(C(O)(F)C(F)(F)F)cc1. The minimum absolute atomic E-state index is 0.687. The van der Waals surface area contributed by atoms with Gasteiger partial charge in [0.15, 0.2) is 0 Å². The van der Waals surface area contributed by atoms with Crippen LogP contribution in [-0.4, -0.2) is 11.3 Å². The number of alkyl halides is 4. The van der Waals surface area contributed by atoms with Crippen molar-refractivity contribution in [1.82, 2.24) is 0 Å². The van der Waals surface area contributed by atoms with Gasteiger partial charge in [-0.25, -0.2) is 0 Å². The Labute approximate surface area is 78.0 Å². The van der Waals surface area contributed by atoms with Gasteiger partial charge in [-0.3, -0.25) is 0 Å². The molecule has 14 heavy (non-hydrogen) atoms. The van der Waals surface area contributed by atoms with Crippen LogP contribution in [0.1, 0.15) is 11.1 Å². The molecule has 0 fully saturated rings. The molecule has 0 aromatic heterocycles. The molecule has 1 N–H and O–H groups in total. The minimum atomic E-state index is -5.32. The fourth-order valence-electron chi connectivity index (χ4n) is 0.938. The Kier molecular flexibility index (Phi) is 2.54. The van der Waals surface area contributed by atoms with Crippen molar-refractivity contribution >= 4 is 0 Å². The van der Waals surface area contributed by atoms with Crippen molar-refractivity contribution in [2.45, 2.75) is 19.0 Å². The fourth-order valence-corrected chi connectivity index (χ4v) is 0.938. The summed E-state index contributed by atoms with van der Waals surface area (Å²) < 4.78 is 48.9. The molecule has 0 amide bonds. The summed E-state index contributed by atoms with van der Waals surface area (Å²) in [5, 5.41) is 8.62. The summed E-state index contributed by atoms with van der Waals surface area (Å²) in [6, 6.07) is 4.41. The highest BCUT2D eigenvalue weighted by molar-refractivity contribution is 5.25. The van der Waals surface area contributed by atoms with E-state index in [1.165, 1.54) is 12.1 Å². The van der Waals surface area contributed by atoms with E-state index in [0.717, 1.165) is 12.1 Å². The first-order chi connectivity index (χ1) is 6.25. The number of hydrogen-bond donors (Lipinski definition) is 1. The van der Waals surface area contributed by atoms with Gasteiger partial charge in [-0.05, 0) is 6.92 Å². The van der Waals surface area contributed by atoms with Gasteiger partial charge in [0.05, 0.1) is 0 Å². The van der Waals surface area contributed by atoms with E-state index in [9.17, 15) is 17.6 Å². The first-order valence-corrected chi connectivity index (χ1v) is 3.80. The van der Waals surface area contributed by atoms with Gasteiger partial charge < -0.3 is 5.11 Å². The topological polar surface area (TPSA) is 20.2 Å². The van der Waals surface area contributed by atoms with Gasteiger partial charge >= 0.3 is 12.0 Å². The lowest BCUT2D eigenvalue weighted by atomic mass is 10.1. The zero-order valence-corrected chi connectivity index (χ0v) is 7.27. The van der Waals surface area contributed by atoms with Crippen LogP contribution in [0.15, 0.2) is 24.3 Å². The van der Waals surface area contributed by atoms with E-state index in [2.05, 4.69) is 0 Å². The minimum Gasteiger partial charge on any atom is -0.351 e. The van der Waals surface area contributed by atoms with Gasteiger partial charge in [-0.15, -0.1) is 0 Å². The third-order valence-corrected chi connectivity index (χ3v) is 1.81. The lowest BCUT2D eigenvalue weighted by Crippen LogP contribution is -2.37. The highest BCUT2D eigenvalue weighted by Gasteiger charge is 2.56. The van der Waals surface area contributed by atoms with Crippen LogP contribution in [0.2, 0.25) is 0 Å². The molecule has 0 bridgehead atoms. The van der Waals surface area contributed by atoms with E-state index >= 15 is 0 Å². The van der Waals surface area contributed by atoms with Crippen molar-refractivity contribution in [2.75, 3.05) is 0 Å². The molecule has 0 spiro atoms. The van der Waals surface area contributed by atoms with E-state index in [1.807, 2.05) is 0 Å². The van der Waals surface area contributed by atoms with Crippen molar-refractivity contribution in [1.29, 1.82) is 0 Å². The number of rotatable bonds is 1. The second-order valence-corrected chi connectivity index (χ2v) is 2.99. The number of benzene rings is 1. The van der Waals surface area contributed by atoms with E-state index in [4.69, 9.17) is 5.11 Å². The first kappa shape index (κ1) is 11.0. The number of aliphatic hydroxyl groups is 1. The molecule has 1 aromatic carbocycles. The van der Waals surface area contributed by atoms with Crippen LogP contribution >= 0.6 is 0 Å². The maximum Gasteiger partial charge on any atom is 0.453 e. The molecule has 0 radical (unpaired) electrons. The molecule has 0 saturated carbocycles. The summed E-state index contributed by atoms with van der Waals surface area (Å²) in [4.78, 5) is 0. The second kappa shape index (κ2) is 3.24. The Morgan fingerprint density at radius 1 is 1.00 bits per heavy atom. The maximum atomic E-state index is 12.9. The molecule has 0 saturated heterocycles. The van der Waals surface area contributed by atoms with Gasteiger partial charge in [0, 0.05) is 5.56 Å². The lowest BCUT2D eigenvalue weighted by molar-refractivity contribution is -0.323. The van der Waals surface area contributed by atoms with Crippen LogP contribution < -0.4 is 0 Å². The second-order valence-electron chi connectivity index (χ2n) is 2.99. The van der Waals surface area contributed by atoms with Crippen molar-refractivity contribution in [2.24, 2.45) is 0 Å². The summed E-state index contributed by atoms with van der Waals surface area (Å²) in [6.07, 6.45) is -5.32. The summed E-state index contributed by atoms with van der Waals surface area (Å²) in [6.45, 7) is 1.65. The predicted octanol–water partition coefficient (Wildman–Crippen LogP) is 2.67. The maximum absolute atomic E-state index is 12.9. The number of halogens is 4. The summed E-state index contributed by atoms with van der Waals surface area (Å²) >= 11 is 0. The molecule has 78 valence electrons. The predicted molar refractivity (Wildman–Crippen MR) is 42.2 cm³/mol. The van der Waals surface area contributed by atoms with Crippen molar-refractivity contribution < 1.29 is 22.7 Å². The zero-order valence-electron chi connectivity index (χ0n) is 7.27. The quantitative estimate of drug-likeness (QED) is 0.703. The summed E-state index contributed by atoms with van der Waals surface area (Å²) in [7, 11) is 0. The molecule has 1 unspecified atom stereocenters. The Morgan fingerprint density at radius 2 is 1.43 bits per heavy atom. The van der Waals surface area contributed by atoms with Gasteiger partial charge in [-0.2, -0.15) is 17.6 Å². The van der Waals surface area contributed by atoms with Crippen molar-refractivity contribution in [3.05, 3.63) is 35.4 Å². The Balaban J connectivity index is 3.10. The Morgan fingerprint density at radius 3 is 1.79 bits per heavy atom. The number of hydrogen-bond acceptors (Lipinski definition) is 1. The molecule has 1 aromatic rings. The molecular formula is C9H8F4O. The molecule has 0 aliphatic heterocycles. The van der Waals surface area contributed by atoms with Crippen molar-refractivity contribution in [3.8, 4) is 0 Å². The Hall–Kier alpha value is -1.10. The zero-order chi connectivity index (χ0) is 11.0. The van der Waals surface area contributed by atoms with E-state index in [0.29, 0.717) is 5.56 Å². The molecule has 0 heterocycles. The molecule has 1 nitrogen and oxygen atoms in total. The highest BCUT2D eigenvalue weighted by atomic mass is 19.4. The van der Waals surface area contributed by atoms with Crippen LogP contribution in [-0.2, 0) is 5.85 Å². The lowest BCUT2D eigenvalue weighted by Gasteiger charge is -2.22. The van der Waals surface area contributed by atoms with Gasteiger partial charge in [0.2, 0.25) is 0 Å². The molecule has 0 aliphatic carbocycles. The molecule has 1 rings (SSSR count). The average molecular weight is 208 g/mol. The largest absolute Gasteiger partial charge is 0.453 e. The van der Waals surface area contributed by atoms with Crippen LogP contribution in [0.25, 0.3) is 0 Å². The highest BCUT2D eigenvalue weighted by Crippen LogP contribution is 2.39. The van der Waals surface area contributed by atoms with Crippen LogP contribution in [0.3, 0.4) is 0 Å². The fraction of sp³-hybridized carbons (Fsp3) is 0.333.